The third kappa shape index (κ3) is 2.36. The van der Waals surface area contributed by atoms with Gasteiger partial charge in [0.2, 0.25) is 0 Å². The van der Waals surface area contributed by atoms with Gasteiger partial charge in [0.05, 0.1) is 18.0 Å². The molecule has 0 amide bonds. The lowest BCUT2D eigenvalue weighted by atomic mass is 9.87. The number of hydrogen-bond donors (Lipinski definition) is 1. The van der Waals surface area contributed by atoms with Crippen molar-refractivity contribution in [2.75, 3.05) is 0 Å². The van der Waals surface area contributed by atoms with Gasteiger partial charge in [-0.05, 0) is 36.0 Å². The molecule has 0 spiro atoms. The van der Waals surface area contributed by atoms with Gasteiger partial charge in [-0.1, -0.05) is 38.1 Å². The molecule has 0 saturated heterocycles. The fourth-order valence-electron chi connectivity index (χ4n) is 2.49. The van der Waals surface area contributed by atoms with E-state index in [4.69, 9.17) is 0 Å². The molecule has 1 aromatic carbocycles. The maximum Gasteiger partial charge on any atom is 0.112 e. The summed E-state index contributed by atoms with van der Waals surface area (Å²) in [6.45, 7) is 6.58. The van der Waals surface area contributed by atoms with E-state index in [0.29, 0.717) is 11.6 Å². The van der Waals surface area contributed by atoms with E-state index in [1.54, 1.807) is 0 Å². The lowest BCUT2D eigenvalue weighted by Gasteiger charge is -2.19. The molecule has 4 nitrogen and oxygen atoms in total. The SMILES string of the molecule is CC(C)(C)c1ccc(-n2nnc(CO)c2C2CC2)cc1. The molecule has 1 N–H and O–H groups in total. The smallest absolute Gasteiger partial charge is 0.112 e. The van der Waals surface area contributed by atoms with Gasteiger partial charge in [-0.25, -0.2) is 4.68 Å². The van der Waals surface area contributed by atoms with Crippen LogP contribution in [0.25, 0.3) is 5.69 Å². The molecule has 20 heavy (non-hydrogen) atoms. The van der Waals surface area contributed by atoms with Gasteiger partial charge in [0.25, 0.3) is 0 Å². The highest BCUT2D eigenvalue weighted by Crippen LogP contribution is 2.42. The molecule has 1 heterocycles. The minimum absolute atomic E-state index is 0.0358. The Morgan fingerprint density at radius 2 is 1.85 bits per heavy atom. The van der Waals surface area contributed by atoms with E-state index in [9.17, 15) is 5.11 Å². The summed E-state index contributed by atoms with van der Waals surface area (Å²) in [5.74, 6) is 0.509. The van der Waals surface area contributed by atoms with Crippen LogP contribution in [0.1, 0.15) is 56.5 Å². The minimum Gasteiger partial charge on any atom is -0.390 e. The molecule has 106 valence electrons. The van der Waals surface area contributed by atoms with Crippen LogP contribution in [-0.4, -0.2) is 20.1 Å². The van der Waals surface area contributed by atoms with Crippen molar-refractivity contribution in [1.29, 1.82) is 0 Å². The van der Waals surface area contributed by atoms with Gasteiger partial charge in [0, 0.05) is 5.92 Å². The van der Waals surface area contributed by atoms with Gasteiger partial charge in [0.1, 0.15) is 5.69 Å². The molecule has 1 aliphatic carbocycles. The van der Waals surface area contributed by atoms with Crippen molar-refractivity contribution >= 4 is 0 Å². The van der Waals surface area contributed by atoms with E-state index in [1.165, 1.54) is 18.4 Å². The Morgan fingerprint density at radius 3 is 2.35 bits per heavy atom. The Bertz CT molecular complexity index is 604. The summed E-state index contributed by atoms with van der Waals surface area (Å²) in [7, 11) is 0. The molecule has 2 aromatic rings. The number of nitrogens with zero attached hydrogens (tertiary/aromatic N) is 3. The molecule has 1 aliphatic rings. The van der Waals surface area contributed by atoms with Crippen LogP contribution in [0.15, 0.2) is 24.3 Å². The van der Waals surface area contributed by atoms with Crippen molar-refractivity contribution < 1.29 is 5.11 Å². The molecule has 4 heteroatoms. The van der Waals surface area contributed by atoms with Crippen molar-refractivity contribution in [3.63, 3.8) is 0 Å². The van der Waals surface area contributed by atoms with Crippen LogP contribution in [0.5, 0.6) is 0 Å². The molecule has 1 aromatic heterocycles. The fourth-order valence-corrected chi connectivity index (χ4v) is 2.49. The molecular weight excluding hydrogens is 250 g/mol. The number of benzene rings is 1. The molecular formula is C16H21N3O. The summed E-state index contributed by atoms with van der Waals surface area (Å²) in [4.78, 5) is 0. The predicted molar refractivity (Wildman–Crippen MR) is 78.0 cm³/mol. The minimum atomic E-state index is -0.0358. The summed E-state index contributed by atoms with van der Waals surface area (Å²) in [5.41, 5.74) is 4.27. The van der Waals surface area contributed by atoms with Gasteiger partial charge in [-0.15, -0.1) is 5.10 Å². The maximum absolute atomic E-state index is 9.39. The molecule has 0 aliphatic heterocycles. The first-order valence-electron chi connectivity index (χ1n) is 7.17. The first kappa shape index (κ1) is 13.3. The number of aromatic nitrogens is 3. The Hall–Kier alpha value is -1.68. The third-order valence-electron chi connectivity index (χ3n) is 3.87. The van der Waals surface area contributed by atoms with E-state index in [2.05, 4.69) is 55.3 Å². The molecule has 0 unspecified atom stereocenters. The Morgan fingerprint density at radius 1 is 1.20 bits per heavy atom. The van der Waals surface area contributed by atoms with Crippen LogP contribution in [0.2, 0.25) is 0 Å². The highest BCUT2D eigenvalue weighted by atomic mass is 16.3. The highest BCUT2D eigenvalue weighted by molar-refractivity contribution is 5.39. The second-order valence-electron chi connectivity index (χ2n) is 6.56. The number of aliphatic hydroxyl groups excluding tert-OH is 1. The monoisotopic (exact) mass is 271 g/mol. The van der Waals surface area contributed by atoms with Crippen LogP contribution in [0, 0.1) is 0 Å². The first-order chi connectivity index (χ1) is 9.50. The molecule has 0 radical (unpaired) electrons. The van der Waals surface area contributed by atoms with E-state index in [0.717, 1.165) is 11.4 Å². The third-order valence-corrected chi connectivity index (χ3v) is 3.87. The average molecular weight is 271 g/mol. The van der Waals surface area contributed by atoms with E-state index >= 15 is 0 Å². The standard InChI is InChI=1S/C16H21N3O/c1-16(2,3)12-6-8-13(9-7-12)19-15(11-4-5-11)14(10-20)17-18-19/h6-9,11,20H,4-5,10H2,1-3H3. The number of aliphatic hydroxyl groups is 1. The highest BCUT2D eigenvalue weighted by Gasteiger charge is 2.31. The zero-order valence-electron chi connectivity index (χ0n) is 12.3. The van der Waals surface area contributed by atoms with E-state index < -0.39 is 0 Å². The molecule has 1 fully saturated rings. The summed E-state index contributed by atoms with van der Waals surface area (Å²) >= 11 is 0. The van der Waals surface area contributed by atoms with Gasteiger partial charge in [0.15, 0.2) is 0 Å². The summed E-state index contributed by atoms with van der Waals surface area (Å²) < 4.78 is 1.88. The van der Waals surface area contributed by atoms with Gasteiger partial charge < -0.3 is 5.11 Å². The van der Waals surface area contributed by atoms with Crippen LogP contribution in [0.4, 0.5) is 0 Å². The van der Waals surface area contributed by atoms with Crippen LogP contribution < -0.4 is 0 Å². The number of hydrogen-bond acceptors (Lipinski definition) is 3. The first-order valence-corrected chi connectivity index (χ1v) is 7.17. The Kier molecular flexibility index (Phi) is 3.13. The predicted octanol–water partition coefficient (Wildman–Crippen LogP) is 2.93. The lowest BCUT2D eigenvalue weighted by molar-refractivity contribution is 0.275. The van der Waals surface area contributed by atoms with Crippen molar-refractivity contribution in [2.45, 2.75) is 51.6 Å². The van der Waals surface area contributed by atoms with Crippen molar-refractivity contribution in [3.05, 3.63) is 41.2 Å². The van der Waals surface area contributed by atoms with Crippen molar-refractivity contribution in [2.24, 2.45) is 0 Å². The second kappa shape index (κ2) is 4.70. The summed E-state index contributed by atoms with van der Waals surface area (Å²) in [6.07, 6.45) is 2.33. The molecule has 3 rings (SSSR count). The topological polar surface area (TPSA) is 50.9 Å². The van der Waals surface area contributed by atoms with Gasteiger partial charge in [-0.3, -0.25) is 0 Å². The molecule has 0 bridgehead atoms. The van der Waals surface area contributed by atoms with Gasteiger partial charge in [-0.2, -0.15) is 0 Å². The summed E-state index contributed by atoms with van der Waals surface area (Å²) in [6, 6.07) is 8.46. The van der Waals surface area contributed by atoms with E-state index in [1.807, 2.05) is 4.68 Å². The molecule has 1 saturated carbocycles. The zero-order chi connectivity index (χ0) is 14.3. The Labute approximate surface area is 119 Å². The summed E-state index contributed by atoms with van der Waals surface area (Å²) in [5, 5.41) is 17.7. The average Bonchev–Trinajstić information content (AvgIpc) is 3.17. The quantitative estimate of drug-likeness (QED) is 0.933. The van der Waals surface area contributed by atoms with Crippen molar-refractivity contribution in [1.82, 2.24) is 15.0 Å². The fraction of sp³-hybridized carbons (Fsp3) is 0.500. The van der Waals surface area contributed by atoms with E-state index in [-0.39, 0.29) is 12.0 Å². The normalized spacial score (nSPS) is 15.6. The zero-order valence-corrected chi connectivity index (χ0v) is 12.3. The van der Waals surface area contributed by atoms with Crippen molar-refractivity contribution in [3.8, 4) is 5.69 Å². The molecule has 0 atom stereocenters. The Balaban J connectivity index is 1.99. The van der Waals surface area contributed by atoms with Crippen LogP contribution in [-0.2, 0) is 12.0 Å². The van der Waals surface area contributed by atoms with Crippen LogP contribution >= 0.6 is 0 Å². The largest absolute Gasteiger partial charge is 0.390 e. The number of rotatable bonds is 3. The maximum atomic E-state index is 9.39. The second-order valence-corrected chi connectivity index (χ2v) is 6.56. The van der Waals surface area contributed by atoms with Gasteiger partial charge >= 0.3 is 0 Å². The van der Waals surface area contributed by atoms with Crippen LogP contribution in [0.3, 0.4) is 0 Å². The lowest BCUT2D eigenvalue weighted by Crippen LogP contribution is -2.11.